The zero-order valence-electron chi connectivity index (χ0n) is 10.1. The molecule has 1 nitrogen and oxygen atoms in total. The molecule has 0 fully saturated rings. The second-order valence-electron chi connectivity index (χ2n) is 3.84. The Morgan fingerprint density at radius 3 is 2.25 bits per heavy atom. The monoisotopic (exact) mass is 434 g/mol. The van der Waals surface area contributed by atoms with E-state index in [1.165, 1.54) is 17.8 Å². The van der Waals surface area contributed by atoms with Crippen molar-refractivity contribution in [3.8, 4) is 0 Å². The highest BCUT2D eigenvalue weighted by atomic mass is 127. The molecule has 0 aliphatic carbocycles. The van der Waals surface area contributed by atoms with Gasteiger partial charge in [-0.1, -0.05) is 53.2 Å². The summed E-state index contributed by atoms with van der Waals surface area (Å²) in [6.07, 6.45) is 1.52. The van der Waals surface area contributed by atoms with Crippen LogP contribution in [0.4, 0.5) is 0 Å². The molecule has 0 heterocycles. The van der Waals surface area contributed by atoms with Crippen LogP contribution in [-0.2, 0) is 0 Å². The summed E-state index contributed by atoms with van der Waals surface area (Å²) in [6, 6.07) is 12.7. The van der Waals surface area contributed by atoms with Crippen LogP contribution in [0, 0.1) is 3.57 Å². The van der Waals surface area contributed by atoms with Crippen molar-refractivity contribution >= 4 is 63.3 Å². The van der Waals surface area contributed by atoms with E-state index < -0.39 is 0 Å². The summed E-state index contributed by atoms with van der Waals surface area (Å²) in [6.45, 7) is 0. The summed E-state index contributed by atoms with van der Waals surface area (Å²) in [4.78, 5) is 12.7. The van der Waals surface area contributed by atoms with E-state index in [1.54, 1.807) is 23.6 Å². The van der Waals surface area contributed by atoms with Crippen LogP contribution in [0.1, 0.15) is 10.4 Å². The lowest BCUT2D eigenvalue weighted by molar-refractivity contribution is 0.104. The Morgan fingerprint density at radius 1 is 1.05 bits per heavy atom. The van der Waals surface area contributed by atoms with Crippen LogP contribution in [-0.4, -0.2) is 5.78 Å². The average molecular weight is 435 g/mol. The molecule has 0 atom stereocenters. The Hall–Kier alpha value is -0.490. The third-order valence-corrected chi connectivity index (χ3v) is 4.97. The number of halogens is 3. The number of rotatable bonds is 4. The average Bonchev–Trinajstić information content (AvgIpc) is 2.42. The molecule has 0 saturated carbocycles. The van der Waals surface area contributed by atoms with E-state index >= 15 is 0 Å². The minimum absolute atomic E-state index is 0.0444. The van der Waals surface area contributed by atoms with Gasteiger partial charge in [0.05, 0.1) is 10.0 Å². The zero-order valence-corrected chi connectivity index (χ0v) is 14.6. The van der Waals surface area contributed by atoms with Gasteiger partial charge in [-0.05, 0) is 58.3 Å². The predicted molar refractivity (Wildman–Crippen MR) is 94.9 cm³/mol. The number of hydrogen-bond donors (Lipinski definition) is 0. The molecule has 102 valence electrons. The smallest absolute Gasteiger partial charge is 0.186 e. The van der Waals surface area contributed by atoms with Crippen LogP contribution in [0.3, 0.4) is 0 Å². The number of carbonyl (C=O) groups is 1. The highest BCUT2D eigenvalue weighted by Crippen LogP contribution is 2.34. The molecule has 2 rings (SSSR count). The van der Waals surface area contributed by atoms with Crippen LogP contribution < -0.4 is 0 Å². The van der Waals surface area contributed by atoms with Crippen LogP contribution >= 0.6 is 57.6 Å². The Bertz CT molecular complexity index is 633. The number of hydrogen-bond acceptors (Lipinski definition) is 2. The van der Waals surface area contributed by atoms with Gasteiger partial charge in [0.1, 0.15) is 0 Å². The molecule has 0 aliphatic heterocycles. The van der Waals surface area contributed by atoms with Gasteiger partial charge < -0.3 is 0 Å². The lowest BCUT2D eigenvalue weighted by atomic mass is 10.1. The Labute approximate surface area is 145 Å². The molecule has 0 spiro atoms. The molecule has 0 aliphatic rings. The molecule has 0 N–H and O–H groups in total. The van der Waals surface area contributed by atoms with Crippen LogP contribution in [0.25, 0.3) is 0 Å². The number of ketones is 1. The minimum Gasteiger partial charge on any atom is -0.289 e. The van der Waals surface area contributed by atoms with Crippen LogP contribution in [0.15, 0.2) is 58.8 Å². The Balaban J connectivity index is 2.07. The van der Waals surface area contributed by atoms with E-state index in [9.17, 15) is 4.79 Å². The maximum absolute atomic E-state index is 11.9. The largest absolute Gasteiger partial charge is 0.289 e. The molecule has 5 heteroatoms. The molecule has 0 bridgehead atoms. The molecule has 2 aromatic carbocycles. The molecular weight excluding hydrogens is 426 g/mol. The first-order valence-electron chi connectivity index (χ1n) is 5.65. The fourth-order valence-corrected chi connectivity index (χ4v) is 3.18. The van der Waals surface area contributed by atoms with Gasteiger partial charge in [0.15, 0.2) is 5.78 Å². The van der Waals surface area contributed by atoms with Gasteiger partial charge in [-0.3, -0.25) is 4.79 Å². The van der Waals surface area contributed by atoms with Crippen molar-refractivity contribution in [3.05, 3.63) is 73.1 Å². The SMILES string of the molecule is O=C(C=CSc1c(Cl)cccc1Cl)c1ccc(I)cc1. The molecule has 0 unspecified atom stereocenters. The second kappa shape index (κ2) is 7.50. The lowest BCUT2D eigenvalue weighted by Gasteiger charge is -2.02. The van der Waals surface area contributed by atoms with E-state index in [0.717, 1.165) is 8.47 Å². The molecule has 0 radical (unpaired) electrons. The molecule has 0 amide bonds. The van der Waals surface area contributed by atoms with E-state index in [4.69, 9.17) is 23.2 Å². The summed E-state index contributed by atoms with van der Waals surface area (Å²) in [7, 11) is 0. The first-order valence-corrected chi connectivity index (χ1v) is 8.36. The molecule has 2 aromatic rings. The standard InChI is InChI=1S/C15H9Cl2IOS/c16-12-2-1-3-13(17)15(12)20-9-8-14(19)10-4-6-11(18)7-5-10/h1-9H. The first kappa shape index (κ1) is 15.9. The maximum atomic E-state index is 11.9. The summed E-state index contributed by atoms with van der Waals surface area (Å²) in [5.74, 6) is -0.0444. The van der Waals surface area contributed by atoms with Gasteiger partial charge in [0.25, 0.3) is 0 Å². The number of benzene rings is 2. The van der Waals surface area contributed by atoms with E-state index in [1.807, 2.05) is 24.3 Å². The first-order chi connectivity index (χ1) is 9.58. The predicted octanol–water partition coefficient (Wildman–Crippen LogP) is 6.09. The molecule has 0 saturated heterocycles. The second-order valence-corrected chi connectivity index (χ2v) is 6.82. The number of allylic oxidation sites excluding steroid dienone is 1. The van der Waals surface area contributed by atoms with Gasteiger partial charge in [-0.2, -0.15) is 0 Å². The van der Waals surface area contributed by atoms with Crippen LogP contribution in [0.5, 0.6) is 0 Å². The van der Waals surface area contributed by atoms with Crippen molar-refractivity contribution in [2.24, 2.45) is 0 Å². The van der Waals surface area contributed by atoms with Crippen molar-refractivity contribution < 1.29 is 4.79 Å². The van der Waals surface area contributed by atoms with E-state index in [-0.39, 0.29) is 5.78 Å². The maximum Gasteiger partial charge on any atom is 0.186 e. The number of carbonyl (C=O) groups excluding carboxylic acids is 1. The third-order valence-electron chi connectivity index (χ3n) is 2.45. The molecule has 0 aromatic heterocycles. The minimum atomic E-state index is -0.0444. The van der Waals surface area contributed by atoms with Crippen LogP contribution in [0.2, 0.25) is 10.0 Å². The Morgan fingerprint density at radius 2 is 1.65 bits per heavy atom. The van der Waals surface area contributed by atoms with Crippen molar-refractivity contribution in [2.45, 2.75) is 4.90 Å². The quantitative estimate of drug-likeness (QED) is 0.251. The van der Waals surface area contributed by atoms with E-state index in [0.29, 0.717) is 15.6 Å². The third kappa shape index (κ3) is 4.25. The van der Waals surface area contributed by atoms with Gasteiger partial charge in [0.2, 0.25) is 0 Å². The molecule has 20 heavy (non-hydrogen) atoms. The fourth-order valence-electron chi connectivity index (χ4n) is 1.47. The fraction of sp³-hybridized carbons (Fsp3) is 0. The summed E-state index contributed by atoms with van der Waals surface area (Å²) in [5, 5.41) is 2.86. The van der Waals surface area contributed by atoms with Crippen molar-refractivity contribution in [1.82, 2.24) is 0 Å². The van der Waals surface area contributed by atoms with Gasteiger partial charge in [-0.25, -0.2) is 0 Å². The number of thioether (sulfide) groups is 1. The van der Waals surface area contributed by atoms with Crippen molar-refractivity contribution in [2.75, 3.05) is 0 Å². The highest BCUT2D eigenvalue weighted by molar-refractivity contribution is 14.1. The lowest BCUT2D eigenvalue weighted by Crippen LogP contribution is -1.93. The topological polar surface area (TPSA) is 17.1 Å². The highest BCUT2D eigenvalue weighted by Gasteiger charge is 2.05. The van der Waals surface area contributed by atoms with E-state index in [2.05, 4.69) is 22.6 Å². The van der Waals surface area contributed by atoms with Gasteiger partial charge in [0, 0.05) is 14.0 Å². The summed E-state index contributed by atoms with van der Waals surface area (Å²) in [5.41, 5.74) is 0.660. The Kier molecular flexibility index (Phi) is 5.96. The normalized spacial score (nSPS) is 10.9. The van der Waals surface area contributed by atoms with Crippen molar-refractivity contribution in [3.63, 3.8) is 0 Å². The zero-order chi connectivity index (χ0) is 14.5. The van der Waals surface area contributed by atoms with Gasteiger partial charge in [-0.15, -0.1) is 0 Å². The summed E-state index contributed by atoms with van der Waals surface area (Å²) < 4.78 is 1.10. The van der Waals surface area contributed by atoms with Gasteiger partial charge >= 0.3 is 0 Å². The summed E-state index contributed by atoms with van der Waals surface area (Å²) >= 11 is 15.6. The molecular formula is C15H9Cl2IOS. The van der Waals surface area contributed by atoms with Crippen molar-refractivity contribution in [1.29, 1.82) is 0 Å².